The molecule has 20 heavy (non-hydrogen) atoms. The van der Waals surface area contributed by atoms with Crippen LogP contribution in [0.15, 0.2) is 0 Å². The third kappa shape index (κ3) is 9.70. The van der Waals surface area contributed by atoms with Crippen LogP contribution in [0.2, 0.25) is 0 Å². The Kier molecular flexibility index (Phi) is 13.7. The van der Waals surface area contributed by atoms with Gasteiger partial charge in [0.1, 0.15) is 0 Å². The lowest BCUT2D eigenvalue weighted by Gasteiger charge is -2.31. The maximum absolute atomic E-state index is 5.23. The van der Waals surface area contributed by atoms with Crippen molar-refractivity contribution in [3.63, 3.8) is 0 Å². The molecule has 0 spiro atoms. The van der Waals surface area contributed by atoms with Crippen LogP contribution in [0.25, 0.3) is 0 Å². The fourth-order valence-electron chi connectivity index (χ4n) is 2.29. The fourth-order valence-corrected chi connectivity index (χ4v) is 2.29. The summed E-state index contributed by atoms with van der Waals surface area (Å²) in [4.78, 5) is 2.50. The summed E-state index contributed by atoms with van der Waals surface area (Å²) in [5, 5.41) is 3.70. The van der Waals surface area contributed by atoms with Gasteiger partial charge >= 0.3 is 0 Å². The summed E-state index contributed by atoms with van der Waals surface area (Å²) >= 11 is 0. The van der Waals surface area contributed by atoms with Crippen LogP contribution in [-0.2, 0) is 9.47 Å². The number of nitrogens with zero attached hydrogens (tertiary/aromatic N) is 1. The summed E-state index contributed by atoms with van der Waals surface area (Å²) < 4.78 is 10.4. The highest BCUT2D eigenvalue weighted by Crippen LogP contribution is 2.10. The number of nitrogens with one attached hydrogen (secondary N) is 1. The summed E-state index contributed by atoms with van der Waals surface area (Å²) in [6, 6.07) is 0.569. The van der Waals surface area contributed by atoms with E-state index < -0.39 is 0 Å². The molecule has 0 amide bonds. The molecule has 0 bridgehead atoms. The van der Waals surface area contributed by atoms with Gasteiger partial charge in [-0.05, 0) is 25.3 Å². The van der Waals surface area contributed by atoms with Crippen molar-refractivity contribution < 1.29 is 9.47 Å². The Morgan fingerprint density at radius 2 is 1.75 bits per heavy atom. The molecular weight excluding hydrogens is 252 g/mol. The Labute approximate surface area is 126 Å². The van der Waals surface area contributed by atoms with E-state index in [-0.39, 0.29) is 0 Å². The number of methoxy groups -OCH3 is 2. The van der Waals surface area contributed by atoms with Crippen molar-refractivity contribution in [2.75, 3.05) is 53.6 Å². The van der Waals surface area contributed by atoms with E-state index in [0.29, 0.717) is 12.0 Å². The van der Waals surface area contributed by atoms with Gasteiger partial charge in [-0.15, -0.1) is 0 Å². The second kappa shape index (κ2) is 13.8. The normalized spacial score (nSPS) is 14.7. The lowest BCUT2D eigenvalue weighted by molar-refractivity contribution is 0.120. The molecule has 0 aliphatic heterocycles. The zero-order valence-electron chi connectivity index (χ0n) is 14.3. The second-order valence-corrected chi connectivity index (χ2v) is 5.59. The lowest BCUT2D eigenvalue weighted by atomic mass is 9.98. The highest BCUT2D eigenvalue weighted by molar-refractivity contribution is 4.77. The van der Waals surface area contributed by atoms with Crippen molar-refractivity contribution in [3.05, 3.63) is 0 Å². The van der Waals surface area contributed by atoms with Crippen LogP contribution in [0, 0.1) is 5.92 Å². The number of hydrogen-bond acceptors (Lipinski definition) is 4. The Hall–Kier alpha value is -0.160. The molecule has 0 aromatic heterocycles. The van der Waals surface area contributed by atoms with Gasteiger partial charge in [0.25, 0.3) is 0 Å². The summed E-state index contributed by atoms with van der Waals surface area (Å²) in [7, 11) is 3.54. The summed E-state index contributed by atoms with van der Waals surface area (Å²) in [6.07, 6.45) is 3.49. The van der Waals surface area contributed by atoms with E-state index in [9.17, 15) is 0 Å². The molecule has 4 nitrogen and oxygen atoms in total. The molecule has 122 valence electrons. The molecule has 0 heterocycles. The zero-order chi connectivity index (χ0) is 15.2. The fraction of sp³-hybridized carbons (Fsp3) is 1.00. The number of rotatable bonds is 14. The molecule has 4 heteroatoms. The summed E-state index contributed by atoms with van der Waals surface area (Å²) in [6.45, 7) is 12.8. The SMILES string of the molecule is CCCNC(CN(CCCOC)CCOC)C(C)CC. The van der Waals surface area contributed by atoms with Crippen molar-refractivity contribution in [2.24, 2.45) is 5.92 Å². The molecule has 0 aliphatic carbocycles. The predicted octanol–water partition coefficient (Wildman–Crippen LogP) is 2.39. The minimum Gasteiger partial charge on any atom is -0.385 e. The van der Waals surface area contributed by atoms with Gasteiger partial charge in [0.15, 0.2) is 0 Å². The van der Waals surface area contributed by atoms with Crippen molar-refractivity contribution >= 4 is 0 Å². The average molecular weight is 288 g/mol. The van der Waals surface area contributed by atoms with Gasteiger partial charge < -0.3 is 14.8 Å². The van der Waals surface area contributed by atoms with Gasteiger partial charge in [0, 0.05) is 46.5 Å². The predicted molar refractivity (Wildman–Crippen MR) is 86.3 cm³/mol. The van der Waals surface area contributed by atoms with Crippen LogP contribution < -0.4 is 5.32 Å². The molecule has 2 unspecified atom stereocenters. The molecule has 0 aliphatic rings. The smallest absolute Gasteiger partial charge is 0.0589 e. The van der Waals surface area contributed by atoms with Gasteiger partial charge in [-0.3, -0.25) is 4.90 Å². The Morgan fingerprint density at radius 3 is 2.30 bits per heavy atom. The van der Waals surface area contributed by atoms with E-state index in [1.165, 1.54) is 12.8 Å². The minimum atomic E-state index is 0.569. The van der Waals surface area contributed by atoms with E-state index in [1.54, 1.807) is 14.2 Å². The zero-order valence-corrected chi connectivity index (χ0v) is 14.3. The average Bonchev–Trinajstić information content (AvgIpc) is 2.47. The molecule has 0 radical (unpaired) electrons. The Balaban J connectivity index is 4.34. The maximum atomic E-state index is 5.23. The van der Waals surface area contributed by atoms with Crippen molar-refractivity contribution in [1.82, 2.24) is 10.2 Å². The maximum Gasteiger partial charge on any atom is 0.0589 e. The molecule has 0 rings (SSSR count). The molecule has 1 N–H and O–H groups in total. The molecule has 0 aromatic rings. The van der Waals surface area contributed by atoms with Crippen molar-refractivity contribution in [2.45, 2.75) is 46.1 Å². The van der Waals surface area contributed by atoms with Gasteiger partial charge in [-0.2, -0.15) is 0 Å². The molecule has 0 fully saturated rings. The highest BCUT2D eigenvalue weighted by atomic mass is 16.5. The van der Waals surface area contributed by atoms with Gasteiger partial charge in [-0.25, -0.2) is 0 Å². The molecule has 0 saturated heterocycles. The number of hydrogen-bond donors (Lipinski definition) is 1. The Morgan fingerprint density at radius 1 is 1.05 bits per heavy atom. The molecular formula is C16H36N2O2. The van der Waals surface area contributed by atoms with Crippen molar-refractivity contribution in [3.8, 4) is 0 Å². The minimum absolute atomic E-state index is 0.569. The van der Waals surface area contributed by atoms with E-state index in [2.05, 4.69) is 31.0 Å². The topological polar surface area (TPSA) is 33.7 Å². The van der Waals surface area contributed by atoms with Crippen LogP contribution in [-0.4, -0.2) is 64.6 Å². The lowest BCUT2D eigenvalue weighted by Crippen LogP contribution is -2.46. The van der Waals surface area contributed by atoms with Gasteiger partial charge in [-0.1, -0.05) is 27.2 Å². The first-order valence-electron chi connectivity index (χ1n) is 8.13. The van der Waals surface area contributed by atoms with Crippen LogP contribution in [0.5, 0.6) is 0 Å². The van der Waals surface area contributed by atoms with E-state index in [0.717, 1.165) is 45.8 Å². The third-order valence-corrected chi connectivity index (χ3v) is 3.88. The largest absolute Gasteiger partial charge is 0.385 e. The van der Waals surface area contributed by atoms with Crippen LogP contribution in [0.4, 0.5) is 0 Å². The van der Waals surface area contributed by atoms with Crippen molar-refractivity contribution in [1.29, 1.82) is 0 Å². The second-order valence-electron chi connectivity index (χ2n) is 5.59. The molecule has 0 aromatic carbocycles. The van der Waals surface area contributed by atoms with E-state index in [1.807, 2.05) is 0 Å². The van der Waals surface area contributed by atoms with Gasteiger partial charge in [0.05, 0.1) is 6.61 Å². The van der Waals surface area contributed by atoms with E-state index in [4.69, 9.17) is 9.47 Å². The first-order chi connectivity index (χ1) is 9.69. The highest BCUT2D eigenvalue weighted by Gasteiger charge is 2.18. The summed E-state index contributed by atoms with van der Waals surface area (Å²) in [5.74, 6) is 0.703. The third-order valence-electron chi connectivity index (χ3n) is 3.88. The van der Waals surface area contributed by atoms with Crippen LogP contribution in [0.3, 0.4) is 0 Å². The Bertz CT molecular complexity index is 203. The first-order valence-corrected chi connectivity index (χ1v) is 8.13. The molecule has 2 atom stereocenters. The van der Waals surface area contributed by atoms with Crippen LogP contribution >= 0.6 is 0 Å². The first kappa shape index (κ1) is 19.8. The van der Waals surface area contributed by atoms with Crippen LogP contribution in [0.1, 0.15) is 40.0 Å². The number of ether oxygens (including phenoxy) is 2. The summed E-state index contributed by atoms with van der Waals surface area (Å²) in [5.41, 5.74) is 0. The quantitative estimate of drug-likeness (QED) is 0.498. The van der Waals surface area contributed by atoms with Gasteiger partial charge in [0.2, 0.25) is 0 Å². The van der Waals surface area contributed by atoms with E-state index >= 15 is 0 Å². The molecule has 0 saturated carbocycles. The standard InChI is InChI=1S/C16H36N2O2/c1-6-9-17-16(15(3)7-2)14-18(11-13-20-5)10-8-12-19-4/h15-17H,6-14H2,1-5H3. The monoisotopic (exact) mass is 288 g/mol.